The molecule has 1 amide bonds. The van der Waals surface area contributed by atoms with Gasteiger partial charge in [-0.1, -0.05) is 54.5 Å². The molecule has 0 radical (unpaired) electrons. The van der Waals surface area contributed by atoms with E-state index in [-0.39, 0.29) is 45.1 Å². The quantitative estimate of drug-likeness (QED) is 0.332. The molecule has 0 unspecified atom stereocenters. The molecule has 184 valence electrons. The predicted octanol–water partition coefficient (Wildman–Crippen LogP) is 4.57. The minimum Gasteiger partial charge on any atom is -0.302 e. The molecule has 0 atom stereocenters. The van der Waals surface area contributed by atoms with Crippen molar-refractivity contribution >= 4 is 37.5 Å². The molecule has 0 aliphatic carbocycles. The van der Waals surface area contributed by atoms with Gasteiger partial charge < -0.3 is 4.57 Å². The van der Waals surface area contributed by atoms with E-state index < -0.39 is 27.6 Å². The Morgan fingerprint density at radius 2 is 1.81 bits per heavy atom. The standard InChI is InChI=1S/C26H21F2N3O3S2/c1-3-14-31-24-22(28)15-20(27)16-23(24)35-26(31)29-25(32)19-10-12-21(13-11-19)36(33,34)30(4-2)17-18-8-6-5-7-9-18/h1,5-13,15-16H,4,14,17H2,2H3. The zero-order chi connectivity index (χ0) is 25.9. The van der Waals surface area contributed by atoms with Crippen molar-refractivity contribution in [3.63, 3.8) is 0 Å². The van der Waals surface area contributed by atoms with Crippen molar-refractivity contribution in [3.8, 4) is 12.3 Å². The van der Waals surface area contributed by atoms with E-state index in [1.54, 1.807) is 6.92 Å². The normalized spacial score (nSPS) is 12.2. The first-order valence-electron chi connectivity index (χ1n) is 10.9. The maximum Gasteiger partial charge on any atom is 0.279 e. The van der Waals surface area contributed by atoms with Crippen LogP contribution < -0.4 is 4.80 Å². The molecular formula is C26H21F2N3O3S2. The number of carbonyl (C=O) groups excluding carboxylic acids is 1. The fourth-order valence-corrected chi connectivity index (χ4v) is 6.18. The van der Waals surface area contributed by atoms with Crippen molar-refractivity contribution in [2.75, 3.05) is 6.54 Å². The van der Waals surface area contributed by atoms with Gasteiger partial charge in [0, 0.05) is 24.7 Å². The van der Waals surface area contributed by atoms with Crippen LogP contribution >= 0.6 is 11.3 Å². The highest BCUT2D eigenvalue weighted by molar-refractivity contribution is 7.89. The van der Waals surface area contributed by atoms with Crippen molar-refractivity contribution < 1.29 is 22.0 Å². The van der Waals surface area contributed by atoms with Crippen LogP contribution in [0.3, 0.4) is 0 Å². The van der Waals surface area contributed by atoms with Gasteiger partial charge in [0.15, 0.2) is 10.6 Å². The number of aromatic nitrogens is 1. The number of amides is 1. The van der Waals surface area contributed by atoms with Crippen molar-refractivity contribution in [3.05, 3.63) is 94.3 Å². The fourth-order valence-electron chi connectivity index (χ4n) is 3.68. The molecule has 0 fully saturated rings. The number of sulfonamides is 1. The molecule has 36 heavy (non-hydrogen) atoms. The van der Waals surface area contributed by atoms with E-state index in [1.165, 1.54) is 33.1 Å². The van der Waals surface area contributed by atoms with Crippen LogP contribution in [0.15, 0.2) is 76.6 Å². The second kappa shape index (κ2) is 10.5. The molecule has 1 aromatic heterocycles. The van der Waals surface area contributed by atoms with Crippen LogP contribution in [0.5, 0.6) is 0 Å². The van der Waals surface area contributed by atoms with E-state index in [0.717, 1.165) is 29.0 Å². The fraction of sp³-hybridized carbons (Fsp3) is 0.154. The summed E-state index contributed by atoms with van der Waals surface area (Å²) < 4.78 is 57.3. The summed E-state index contributed by atoms with van der Waals surface area (Å²) in [6, 6.07) is 16.6. The van der Waals surface area contributed by atoms with Crippen LogP contribution in [0.2, 0.25) is 0 Å². The van der Waals surface area contributed by atoms with Gasteiger partial charge in [0.25, 0.3) is 5.91 Å². The number of nitrogens with zero attached hydrogens (tertiary/aromatic N) is 3. The number of fused-ring (bicyclic) bond motifs is 1. The molecule has 1 heterocycles. The number of rotatable bonds is 7. The Hall–Kier alpha value is -3.65. The number of terminal acetylenes is 1. The Morgan fingerprint density at radius 3 is 2.44 bits per heavy atom. The van der Waals surface area contributed by atoms with Crippen molar-refractivity contribution in [2.45, 2.75) is 24.9 Å². The highest BCUT2D eigenvalue weighted by atomic mass is 32.2. The number of hydrogen-bond acceptors (Lipinski definition) is 4. The van der Waals surface area contributed by atoms with E-state index in [2.05, 4.69) is 10.9 Å². The lowest BCUT2D eigenvalue weighted by Gasteiger charge is -2.20. The van der Waals surface area contributed by atoms with Crippen LogP contribution in [0, 0.1) is 24.0 Å². The molecule has 6 nitrogen and oxygen atoms in total. The number of thiazole rings is 1. The summed E-state index contributed by atoms with van der Waals surface area (Å²) in [5, 5.41) is 0. The minimum absolute atomic E-state index is 0.0404. The van der Waals surface area contributed by atoms with Gasteiger partial charge in [0.2, 0.25) is 10.0 Å². The average Bonchev–Trinajstić information content (AvgIpc) is 3.20. The van der Waals surface area contributed by atoms with Gasteiger partial charge in [-0.25, -0.2) is 17.2 Å². The third-order valence-corrected chi connectivity index (χ3v) is 8.40. The number of hydrogen-bond donors (Lipinski definition) is 0. The molecule has 0 spiro atoms. The first-order valence-corrected chi connectivity index (χ1v) is 13.1. The summed E-state index contributed by atoms with van der Waals surface area (Å²) in [5.74, 6) is 0.147. The van der Waals surface area contributed by atoms with Crippen molar-refractivity contribution in [1.82, 2.24) is 8.87 Å². The number of benzene rings is 3. The van der Waals surface area contributed by atoms with E-state index in [4.69, 9.17) is 6.42 Å². The smallest absolute Gasteiger partial charge is 0.279 e. The topological polar surface area (TPSA) is 71.7 Å². The largest absolute Gasteiger partial charge is 0.302 e. The third-order valence-electron chi connectivity index (χ3n) is 5.44. The zero-order valence-electron chi connectivity index (χ0n) is 19.2. The summed E-state index contributed by atoms with van der Waals surface area (Å²) in [6.45, 7) is 2.17. The molecule has 0 saturated carbocycles. The Bertz CT molecular complexity index is 1640. The molecule has 4 rings (SSSR count). The lowest BCUT2D eigenvalue weighted by atomic mass is 10.2. The molecular weight excluding hydrogens is 504 g/mol. The lowest BCUT2D eigenvalue weighted by Crippen LogP contribution is -2.30. The van der Waals surface area contributed by atoms with Crippen LogP contribution in [-0.2, 0) is 23.1 Å². The van der Waals surface area contributed by atoms with Crippen molar-refractivity contribution in [2.24, 2.45) is 4.99 Å². The van der Waals surface area contributed by atoms with E-state index >= 15 is 0 Å². The van der Waals surface area contributed by atoms with Crippen LogP contribution in [-0.4, -0.2) is 29.7 Å². The lowest BCUT2D eigenvalue weighted by molar-refractivity contribution is 0.0997. The van der Waals surface area contributed by atoms with Crippen LogP contribution in [0.1, 0.15) is 22.8 Å². The number of halogens is 2. The average molecular weight is 526 g/mol. The molecule has 3 aromatic carbocycles. The summed E-state index contributed by atoms with van der Waals surface area (Å²) in [7, 11) is -3.80. The molecule has 4 aromatic rings. The van der Waals surface area contributed by atoms with E-state index in [0.29, 0.717) is 0 Å². The first kappa shape index (κ1) is 25.4. The van der Waals surface area contributed by atoms with Gasteiger partial charge in [-0.15, -0.1) is 6.42 Å². The molecule has 0 saturated heterocycles. The molecule has 0 aliphatic rings. The minimum atomic E-state index is -3.80. The van der Waals surface area contributed by atoms with Crippen LogP contribution in [0.4, 0.5) is 8.78 Å². The molecule has 10 heteroatoms. The molecule has 0 aliphatic heterocycles. The molecule has 0 bridgehead atoms. The Balaban J connectivity index is 1.65. The number of carbonyl (C=O) groups is 1. The van der Waals surface area contributed by atoms with Gasteiger partial charge in [-0.3, -0.25) is 4.79 Å². The second-order valence-corrected chi connectivity index (χ2v) is 10.7. The molecule has 0 N–H and O–H groups in total. The summed E-state index contributed by atoms with van der Waals surface area (Å²) in [6.07, 6.45) is 5.39. The van der Waals surface area contributed by atoms with Crippen molar-refractivity contribution in [1.29, 1.82) is 0 Å². The van der Waals surface area contributed by atoms with Crippen LogP contribution in [0.25, 0.3) is 10.2 Å². The highest BCUT2D eigenvalue weighted by Gasteiger charge is 2.23. The summed E-state index contributed by atoms with van der Waals surface area (Å²) in [4.78, 5) is 17.0. The van der Waals surface area contributed by atoms with Gasteiger partial charge in [0.1, 0.15) is 5.82 Å². The summed E-state index contributed by atoms with van der Waals surface area (Å²) in [5.41, 5.74) is 1.05. The van der Waals surface area contributed by atoms with Gasteiger partial charge in [-0.05, 0) is 35.9 Å². The van der Waals surface area contributed by atoms with Gasteiger partial charge in [0.05, 0.1) is 21.7 Å². The van der Waals surface area contributed by atoms with E-state index in [1.807, 2.05) is 30.3 Å². The first-order chi connectivity index (χ1) is 17.2. The zero-order valence-corrected chi connectivity index (χ0v) is 20.8. The SMILES string of the molecule is C#CCn1c(=NC(=O)c2ccc(S(=O)(=O)N(CC)Cc3ccccc3)cc2)sc2cc(F)cc(F)c21. The Labute approximate surface area is 211 Å². The maximum absolute atomic E-state index is 14.4. The predicted molar refractivity (Wildman–Crippen MR) is 135 cm³/mol. The summed E-state index contributed by atoms with van der Waals surface area (Å²) >= 11 is 0.928. The Kier molecular flexibility index (Phi) is 7.45. The highest BCUT2D eigenvalue weighted by Crippen LogP contribution is 2.23. The monoisotopic (exact) mass is 525 g/mol. The van der Waals surface area contributed by atoms with Gasteiger partial charge in [-0.2, -0.15) is 9.30 Å². The Morgan fingerprint density at radius 1 is 1.11 bits per heavy atom. The third kappa shape index (κ3) is 5.14. The maximum atomic E-state index is 14.4. The second-order valence-electron chi connectivity index (χ2n) is 7.77. The van der Waals surface area contributed by atoms with E-state index in [9.17, 15) is 22.0 Å². The van der Waals surface area contributed by atoms with Gasteiger partial charge >= 0.3 is 0 Å².